The van der Waals surface area contributed by atoms with Crippen molar-refractivity contribution < 1.29 is 9.53 Å². The van der Waals surface area contributed by atoms with Gasteiger partial charge in [0, 0.05) is 0 Å². The molecule has 3 heteroatoms. The summed E-state index contributed by atoms with van der Waals surface area (Å²) in [5.41, 5.74) is 2.07. The van der Waals surface area contributed by atoms with Crippen molar-refractivity contribution in [3.8, 4) is 5.75 Å². The highest BCUT2D eigenvalue weighted by Gasteiger charge is 2.06. The Labute approximate surface area is 82.5 Å². The number of carbonyl (C=O) groups is 1. The van der Waals surface area contributed by atoms with Gasteiger partial charge >= 0.3 is 5.97 Å². The molecule has 1 aromatic rings. The Morgan fingerprint density at radius 1 is 1.46 bits per heavy atom. The molecule has 70 valence electrons. The van der Waals surface area contributed by atoms with Crippen LogP contribution in [0.1, 0.15) is 11.1 Å². The molecule has 0 aliphatic heterocycles. The second-order valence-electron chi connectivity index (χ2n) is 2.81. The molecule has 0 atom stereocenters. The molecule has 0 bridgehead atoms. The Kier molecular flexibility index (Phi) is 3.32. The lowest BCUT2D eigenvalue weighted by Gasteiger charge is -2.07. The molecule has 0 unspecified atom stereocenters. The first kappa shape index (κ1) is 10.1. The largest absolute Gasteiger partial charge is 0.425 e. The maximum atomic E-state index is 10.9. The molecule has 0 saturated carbocycles. The van der Waals surface area contributed by atoms with Crippen LogP contribution in [0.15, 0.2) is 18.2 Å². The summed E-state index contributed by atoms with van der Waals surface area (Å²) in [5, 5.41) is 0. The Hall–Kier alpha value is -1.02. The van der Waals surface area contributed by atoms with Crippen LogP contribution in [0.2, 0.25) is 0 Å². The number of rotatable bonds is 2. The van der Waals surface area contributed by atoms with Gasteiger partial charge in [0.15, 0.2) is 0 Å². The normalized spacial score (nSPS) is 9.77. The zero-order valence-corrected chi connectivity index (χ0v) is 8.39. The van der Waals surface area contributed by atoms with Gasteiger partial charge in [0.25, 0.3) is 0 Å². The van der Waals surface area contributed by atoms with Gasteiger partial charge in [-0.25, -0.2) is 0 Å². The van der Waals surface area contributed by atoms with Crippen molar-refractivity contribution >= 4 is 17.6 Å². The molecule has 0 aliphatic carbocycles. The van der Waals surface area contributed by atoms with Crippen molar-refractivity contribution in [2.24, 2.45) is 0 Å². The van der Waals surface area contributed by atoms with Gasteiger partial charge in [-0.1, -0.05) is 12.1 Å². The average Bonchev–Trinajstić information content (AvgIpc) is 2.13. The number of hydrogen-bond donors (Lipinski definition) is 0. The van der Waals surface area contributed by atoms with Crippen LogP contribution in [0.3, 0.4) is 0 Å². The molecule has 0 heterocycles. The summed E-state index contributed by atoms with van der Waals surface area (Å²) in [4.78, 5) is 10.9. The summed E-state index contributed by atoms with van der Waals surface area (Å²) in [7, 11) is 0. The average molecular weight is 199 g/mol. The lowest BCUT2D eigenvalue weighted by atomic mass is 10.1. The van der Waals surface area contributed by atoms with Crippen LogP contribution in [0.4, 0.5) is 0 Å². The molecule has 2 nitrogen and oxygen atoms in total. The van der Waals surface area contributed by atoms with E-state index < -0.39 is 5.97 Å². The minimum atomic E-state index is -0.421. The van der Waals surface area contributed by atoms with E-state index in [1.54, 1.807) is 6.07 Å². The van der Waals surface area contributed by atoms with Crippen LogP contribution >= 0.6 is 11.6 Å². The topological polar surface area (TPSA) is 26.3 Å². The van der Waals surface area contributed by atoms with Gasteiger partial charge < -0.3 is 4.74 Å². The highest BCUT2D eigenvalue weighted by molar-refractivity contribution is 6.26. The zero-order valence-electron chi connectivity index (χ0n) is 7.63. The second-order valence-corrected chi connectivity index (χ2v) is 3.07. The van der Waals surface area contributed by atoms with E-state index in [1.807, 2.05) is 26.0 Å². The first-order valence-corrected chi connectivity index (χ1v) is 4.51. The monoisotopic (exact) mass is 198 g/mol. The molecule has 13 heavy (non-hydrogen) atoms. The van der Waals surface area contributed by atoms with Gasteiger partial charge in [0.1, 0.15) is 11.6 Å². The third-order valence-corrected chi connectivity index (χ3v) is 2.11. The minimum absolute atomic E-state index is 0.118. The van der Waals surface area contributed by atoms with E-state index in [0.717, 1.165) is 11.1 Å². The van der Waals surface area contributed by atoms with Crippen molar-refractivity contribution in [2.45, 2.75) is 13.8 Å². The van der Waals surface area contributed by atoms with E-state index in [-0.39, 0.29) is 5.88 Å². The van der Waals surface area contributed by atoms with Crippen LogP contribution in [0, 0.1) is 13.8 Å². The van der Waals surface area contributed by atoms with E-state index in [9.17, 15) is 4.79 Å². The molecular weight excluding hydrogens is 188 g/mol. The molecule has 0 spiro atoms. The maximum absolute atomic E-state index is 10.9. The Morgan fingerprint density at radius 3 is 2.77 bits per heavy atom. The first-order valence-electron chi connectivity index (χ1n) is 3.98. The first-order chi connectivity index (χ1) is 6.15. The van der Waals surface area contributed by atoms with Crippen molar-refractivity contribution in [3.05, 3.63) is 29.3 Å². The summed E-state index contributed by atoms with van der Waals surface area (Å²) < 4.78 is 5.00. The van der Waals surface area contributed by atoms with Gasteiger partial charge in [-0.05, 0) is 31.0 Å². The lowest BCUT2D eigenvalue weighted by Crippen LogP contribution is -2.09. The van der Waals surface area contributed by atoms with Gasteiger partial charge in [0.2, 0.25) is 0 Å². The highest BCUT2D eigenvalue weighted by Crippen LogP contribution is 2.20. The Balaban J connectivity index is 2.89. The number of carbonyl (C=O) groups excluding carboxylic acids is 1. The smallest absolute Gasteiger partial charge is 0.326 e. The van der Waals surface area contributed by atoms with Crippen molar-refractivity contribution in [1.29, 1.82) is 0 Å². The van der Waals surface area contributed by atoms with Crippen molar-refractivity contribution in [1.82, 2.24) is 0 Å². The molecule has 0 fully saturated rings. The van der Waals surface area contributed by atoms with E-state index in [1.165, 1.54) is 0 Å². The fourth-order valence-electron chi connectivity index (χ4n) is 0.985. The number of hydrogen-bond acceptors (Lipinski definition) is 2. The third kappa shape index (κ3) is 2.46. The van der Waals surface area contributed by atoms with Gasteiger partial charge in [-0.3, -0.25) is 4.79 Å². The Bertz CT molecular complexity index is 321. The van der Waals surface area contributed by atoms with Gasteiger partial charge in [-0.15, -0.1) is 11.6 Å². The molecule has 0 N–H and O–H groups in total. The molecule has 1 aromatic carbocycles. The molecule has 0 saturated heterocycles. The van der Waals surface area contributed by atoms with Crippen LogP contribution in [0.5, 0.6) is 5.75 Å². The number of esters is 1. The van der Waals surface area contributed by atoms with Gasteiger partial charge in [0.05, 0.1) is 0 Å². The number of halogens is 1. The van der Waals surface area contributed by atoms with Crippen molar-refractivity contribution in [3.63, 3.8) is 0 Å². The summed E-state index contributed by atoms with van der Waals surface area (Å²) in [5.74, 6) is 0.0499. The van der Waals surface area contributed by atoms with E-state index in [0.29, 0.717) is 5.75 Å². The van der Waals surface area contributed by atoms with E-state index in [2.05, 4.69) is 0 Å². The Morgan fingerprint density at radius 2 is 2.15 bits per heavy atom. The van der Waals surface area contributed by atoms with E-state index in [4.69, 9.17) is 16.3 Å². The third-order valence-electron chi connectivity index (χ3n) is 1.89. The number of benzene rings is 1. The molecule has 0 radical (unpaired) electrons. The predicted molar refractivity (Wildman–Crippen MR) is 52.3 cm³/mol. The molecular formula is C10H11ClO2. The number of alkyl halides is 1. The van der Waals surface area contributed by atoms with Crippen LogP contribution in [-0.2, 0) is 4.79 Å². The summed E-state index contributed by atoms with van der Waals surface area (Å²) in [6, 6.07) is 5.57. The SMILES string of the molecule is Cc1cccc(OC(=O)CCl)c1C. The lowest BCUT2D eigenvalue weighted by molar-refractivity contribution is -0.131. The summed E-state index contributed by atoms with van der Waals surface area (Å²) >= 11 is 5.32. The minimum Gasteiger partial charge on any atom is -0.425 e. The molecule has 0 amide bonds. The fourth-order valence-corrected chi connectivity index (χ4v) is 1.04. The van der Waals surface area contributed by atoms with Gasteiger partial charge in [-0.2, -0.15) is 0 Å². The molecule has 0 aromatic heterocycles. The fraction of sp³-hybridized carbons (Fsp3) is 0.300. The molecule has 1 rings (SSSR count). The summed E-state index contributed by atoms with van der Waals surface area (Å²) in [6.07, 6.45) is 0. The van der Waals surface area contributed by atoms with E-state index >= 15 is 0 Å². The standard InChI is InChI=1S/C10H11ClO2/c1-7-4-3-5-9(8(7)2)13-10(12)6-11/h3-5H,6H2,1-2H3. The second kappa shape index (κ2) is 4.28. The predicted octanol–water partition coefficient (Wildman–Crippen LogP) is 2.45. The highest BCUT2D eigenvalue weighted by atomic mass is 35.5. The number of ether oxygens (including phenoxy) is 1. The van der Waals surface area contributed by atoms with Crippen LogP contribution < -0.4 is 4.74 Å². The maximum Gasteiger partial charge on any atom is 0.326 e. The van der Waals surface area contributed by atoms with Crippen LogP contribution in [-0.4, -0.2) is 11.8 Å². The van der Waals surface area contributed by atoms with Crippen molar-refractivity contribution in [2.75, 3.05) is 5.88 Å². The van der Waals surface area contributed by atoms with Crippen LogP contribution in [0.25, 0.3) is 0 Å². The molecule has 0 aliphatic rings. The zero-order chi connectivity index (χ0) is 9.84. The summed E-state index contributed by atoms with van der Waals surface area (Å²) in [6.45, 7) is 3.87. The quantitative estimate of drug-likeness (QED) is 0.415. The number of aryl methyl sites for hydroxylation is 1.